The highest BCUT2D eigenvalue weighted by Crippen LogP contribution is 2.50. The molecule has 0 saturated heterocycles. The van der Waals surface area contributed by atoms with Gasteiger partial charge in [-0.1, -0.05) is 6.92 Å². The van der Waals surface area contributed by atoms with Crippen LogP contribution in [-0.2, 0) is 6.54 Å². The lowest BCUT2D eigenvalue weighted by Crippen LogP contribution is -2.12. The molecule has 96 valence electrons. The first-order valence-electron chi connectivity index (χ1n) is 6.47. The van der Waals surface area contributed by atoms with Gasteiger partial charge in [-0.05, 0) is 36.8 Å². The number of methoxy groups -OCH3 is 1. The van der Waals surface area contributed by atoms with Crippen LogP contribution in [0.15, 0.2) is 18.2 Å². The maximum absolute atomic E-state index is 6.05. The highest BCUT2D eigenvalue weighted by atomic mass is 16.5. The molecule has 2 aromatic rings. The van der Waals surface area contributed by atoms with Crippen molar-refractivity contribution in [3.63, 3.8) is 0 Å². The second kappa shape index (κ2) is 3.90. The Labute approximate surface area is 107 Å². The molecule has 1 fully saturated rings. The molecule has 0 aliphatic heterocycles. The van der Waals surface area contributed by atoms with Crippen LogP contribution in [0.1, 0.15) is 26.2 Å². The summed E-state index contributed by atoms with van der Waals surface area (Å²) in [4.78, 5) is 4.42. The number of aromatic nitrogens is 2. The Bertz CT molecular complexity index is 584. The van der Waals surface area contributed by atoms with E-state index in [9.17, 15) is 0 Å². The number of nitrogens with zero attached hydrogens (tertiary/aromatic N) is 2. The van der Waals surface area contributed by atoms with Crippen LogP contribution in [-0.4, -0.2) is 16.7 Å². The SMILES string of the molecule is CCC1(Cn2c(N)nc3ccc(OC)cc32)CC1. The van der Waals surface area contributed by atoms with E-state index in [0.29, 0.717) is 11.4 Å². The van der Waals surface area contributed by atoms with Gasteiger partial charge in [0.05, 0.1) is 18.1 Å². The lowest BCUT2D eigenvalue weighted by molar-refractivity contribution is 0.411. The maximum Gasteiger partial charge on any atom is 0.201 e. The number of hydrogen-bond donors (Lipinski definition) is 1. The highest BCUT2D eigenvalue weighted by molar-refractivity contribution is 5.80. The van der Waals surface area contributed by atoms with Crippen LogP contribution in [0.25, 0.3) is 11.0 Å². The minimum atomic E-state index is 0.449. The third-order valence-corrected chi connectivity index (χ3v) is 4.19. The van der Waals surface area contributed by atoms with Crippen LogP contribution in [0, 0.1) is 5.41 Å². The molecule has 4 nitrogen and oxygen atoms in total. The van der Waals surface area contributed by atoms with Crippen molar-refractivity contribution in [2.24, 2.45) is 5.41 Å². The molecule has 0 spiro atoms. The van der Waals surface area contributed by atoms with Gasteiger partial charge in [0.15, 0.2) is 0 Å². The zero-order valence-electron chi connectivity index (χ0n) is 10.9. The molecule has 4 heteroatoms. The zero-order valence-corrected chi connectivity index (χ0v) is 10.9. The van der Waals surface area contributed by atoms with Gasteiger partial charge >= 0.3 is 0 Å². The van der Waals surface area contributed by atoms with Crippen molar-refractivity contribution >= 4 is 17.0 Å². The first kappa shape index (κ1) is 11.4. The predicted molar refractivity (Wildman–Crippen MR) is 72.7 cm³/mol. The monoisotopic (exact) mass is 245 g/mol. The van der Waals surface area contributed by atoms with E-state index in [1.165, 1.54) is 19.3 Å². The number of nitrogens with two attached hydrogens (primary N) is 1. The second-order valence-electron chi connectivity index (χ2n) is 5.26. The number of anilines is 1. The Morgan fingerprint density at radius 3 is 2.83 bits per heavy atom. The summed E-state index contributed by atoms with van der Waals surface area (Å²) in [5.41, 5.74) is 8.51. The van der Waals surface area contributed by atoms with E-state index in [1.807, 2.05) is 18.2 Å². The second-order valence-corrected chi connectivity index (χ2v) is 5.26. The molecule has 1 aromatic carbocycles. The fraction of sp³-hybridized carbons (Fsp3) is 0.500. The summed E-state index contributed by atoms with van der Waals surface area (Å²) < 4.78 is 7.41. The molecule has 1 saturated carbocycles. The fourth-order valence-electron chi connectivity index (χ4n) is 2.55. The molecule has 1 aliphatic rings. The van der Waals surface area contributed by atoms with Gasteiger partial charge in [0.2, 0.25) is 5.95 Å². The maximum atomic E-state index is 6.05. The fourth-order valence-corrected chi connectivity index (χ4v) is 2.55. The minimum absolute atomic E-state index is 0.449. The van der Waals surface area contributed by atoms with Gasteiger partial charge in [0.25, 0.3) is 0 Å². The summed E-state index contributed by atoms with van der Waals surface area (Å²) in [6.07, 6.45) is 3.80. The molecule has 1 aliphatic carbocycles. The van der Waals surface area contributed by atoms with Crippen molar-refractivity contribution in [2.45, 2.75) is 32.7 Å². The summed E-state index contributed by atoms with van der Waals surface area (Å²) in [6, 6.07) is 5.91. The van der Waals surface area contributed by atoms with Crippen LogP contribution in [0.3, 0.4) is 0 Å². The van der Waals surface area contributed by atoms with Gasteiger partial charge in [-0.3, -0.25) is 0 Å². The molecule has 2 N–H and O–H groups in total. The van der Waals surface area contributed by atoms with E-state index < -0.39 is 0 Å². The summed E-state index contributed by atoms with van der Waals surface area (Å²) in [7, 11) is 1.68. The Kier molecular flexibility index (Phi) is 2.47. The number of benzene rings is 1. The normalized spacial score (nSPS) is 17.0. The van der Waals surface area contributed by atoms with E-state index >= 15 is 0 Å². The van der Waals surface area contributed by atoms with Crippen molar-refractivity contribution in [1.82, 2.24) is 9.55 Å². The van der Waals surface area contributed by atoms with E-state index in [-0.39, 0.29) is 0 Å². The van der Waals surface area contributed by atoms with Crippen molar-refractivity contribution in [2.75, 3.05) is 12.8 Å². The summed E-state index contributed by atoms with van der Waals surface area (Å²) in [6.45, 7) is 3.22. The van der Waals surface area contributed by atoms with Crippen LogP contribution < -0.4 is 10.5 Å². The lowest BCUT2D eigenvalue weighted by atomic mass is 10.0. The largest absolute Gasteiger partial charge is 0.497 e. The molecule has 0 radical (unpaired) electrons. The number of rotatable bonds is 4. The van der Waals surface area contributed by atoms with E-state index in [1.54, 1.807) is 7.11 Å². The number of fused-ring (bicyclic) bond motifs is 1. The Balaban J connectivity index is 2.06. The van der Waals surface area contributed by atoms with Gasteiger partial charge < -0.3 is 15.0 Å². The quantitative estimate of drug-likeness (QED) is 0.901. The standard InChI is InChI=1S/C14H19N3O/c1-3-14(6-7-14)9-17-12-8-10(18-2)4-5-11(12)16-13(17)15/h4-5,8H,3,6-7,9H2,1-2H3,(H2,15,16). The third kappa shape index (κ3) is 1.72. The first-order chi connectivity index (χ1) is 8.67. The number of hydrogen-bond acceptors (Lipinski definition) is 3. The average Bonchev–Trinajstić information content (AvgIpc) is 3.10. The van der Waals surface area contributed by atoms with Crippen LogP contribution in [0.4, 0.5) is 5.95 Å². The topological polar surface area (TPSA) is 53.1 Å². The van der Waals surface area contributed by atoms with E-state index in [0.717, 1.165) is 23.3 Å². The lowest BCUT2D eigenvalue weighted by Gasteiger charge is -2.15. The molecule has 0 amide bonds. The molecule has 1 heterocycles. The van der Waals surface area contributed by atoms with Gasteiger partial charge in [-0.25, -0.2) is 4.98 Å². The van der Waals surface area contributed by atoms with Crippen molar-refractivity contribution in [3.8, 4) is 5.75 Å². The van der Waals surface area contributed by atoms with Gasteiger partial charge in [-0.2, -0.15) is 0 Å². The van der Waals surface area contributed by atoms with Gasteiger partial charge in [0, 0.05) is 12.6 Å². The Morgan fingerprint density at radius 1 is 1.44 bits per heavy atom. The predicted octanol–water partition coefficient (Wildman–Crippen LogP) is 2.82. The highest BCUT2D eigenvalue weighted by Gasteiger charge is 2.41. The van der Waals surface area contributed by atoms with Crippen molar-refractivity contribution < 1.29 is 4.74 Å². The summed E-state index contributed by atoms with van der Waals surface area (Å²) in [5, 5.41) is 0. The van der Waals surface area contributed by atoms with Gasteiger partial charge in [0.1, 0.15) is 5.75 Å². The van der Waals surface area contributed by atoms with E-state index in [4.69, 9.17) is 10.5 Å². The Morgan fingerprint density at radius 2 is 2.22 bits per heavy atom. The Hall–Kier alpha value is -1.71. The van der Waals surface area contributed by atoms with Crippen LogP contribution in [0.5, 0.6) is 5.75 Å². The number of imidazole rings is 1. The molecular weight excluding hydrogens is 226 g/mol. The van der Waals surface area contributed by atoms with Crippen LogP contribution in [0.2, 0.25) is 0 Å². The van der Waals surface area contributed by atoms with E-state index in [2.05, 4.69) is 16.5 Å². The van der Waals surface area contributed by atoms with Gasteiger partial charge in [-0.15, -0.1) is 0 Å². The summed E-state index contributed by atoms with van der Waals surface area (Å²) in [5.74, 6) is 1.46. The number of nitrogen functional groups attached to an aromatic ring is 1. The molecule has 0 atom stereocenters. The molecule has 18 heavy (non-hydrogen) atoms. The van der Waals surface area contributed by atoms with Crippen molar-refractivity contribution in [3.05, 3.63) is 18.2 Å². The minimum Gasteiger partial charge on any atom is -0.497 e. The van der Waals surface area contributed by atoms with Crippen LogP contribution >= 0.6 is 0 Å². The molecule has 0 bridgehead atoms. The van der Waals surface area contributed by atoms with Crippen molar-refractivity contribution in [1.29, 1.82) is 0 Å². The number of ether oxygens (including phenoxy) is 1. The first-order valence-corrected chi connectivity index (χ1v) is 6.47. The third-order valence-electron chi connectivity index (χ3n) is 4.19. The molecular formula is C14H19N3O. The molecule has 1 aromatic heterocycles. The average molecular weight is 245 g/mol. The molecule has 0 unspecified atom stereocenters. The molecule has 3 rings (SSSR count). The smallest absolute Gasteiger partial charge is 0.201 e. The zero-order chi connectivity index (χ0) is 12.8. The summed E-state index contributed by atoms with van der Waals surface area (Å²) >= 11 is 0.